The van der Waals surface area contributed by atoms with E-state index in [1.54, 1.807) is 45.5 Å². The maximum Gasteiger partial charge on any atom is 0.290 e. The molecular weight excluding hydrogens is 296 g/mol. The number of hydrogen-bond acceptors (Lipinski definition) is 5. The third-order valence-corrected chi connectivity index (χ3v) is 3.84. The molecule has 1 aliphatic heterocycles. The van der Waals surface area contributed by atoms with Crippen LogP contribution in [0.2, 0.25) is 0 Å². The number of aromatic nitrogens is 1. The van der Waals surface area contributed by atoms with Crippen LogP contribution in [-0.4, -0.2) is 46.9 Å². The number of ketones is 1. The van der Waals surface area contributed by atoms with Gasteiger partial charge in [-0.3, -0.25) is 14.6 Å². The van der Waals surface area contributed by atoms with Crippen molar-refractivity contribution in [2.24, 2.45) is 5.92 Å². The largest absolute Gasteiger partial charge is 0.503 e. The van der Waals surface area contributed by atoms with E-state index in [0.29, 0.717) is 25.1 Å². The van der Waals surface area contributed by atoms with Crippen LogP contribution in [0.25, 0.3) is 0 Å². The van der Waals surface area contributed by atoms with E-state index < -0.39 is 17.7 Å². The molecule has 1 aromatic heterocycles. The number of carbonyl (C=O) groups is 2. The van der Waals surface area contributed by atoms with E-state index in [9.17, 15) is 14.7 Å². The summed E-state index contributed by atoms with van der Waals surface area (Å²) in [4.78, 5) is 30.5. The van der Waals surface area contributed by atoms with E-state index in [-0.39, 0.29) is 17.3 Å². The van der Waals surface area contributed by atoms with Gasteiger partial charge in [0.25, 0.3) is 5.91 Å². The number of Topliss-reactive ketones (excluding diaryl/α,β-unsaturated/α-hetero) is 1. The van der Waals surface area contributed by atoms with Crippen molar-refractivity contribution in [3.8, 4) is 0 Å². The molecule has 0 aliphatic carbocycles. The van der Waals surface area contributed by atoms with Crippen molar-refractivity contribution in [1.82, 2.24) is 9.88 Å². The molecular formula is C17H22N2O4. The second-order valence-electron chi connectivity index (χ2n) is 5.82. The first-order chi connectivity index (χ1) is 11.0. The number of hydrogen-bond donors (Lipinski definition) is 1. The average Bonchev–Trinajstić information content (AvgIpc) is 2.80. The number of nitrogens with zero attached hydrogens (tertiary/aromatic N) is 2. The van der Waals surface area contributed by atoms with Crippen LogP contribution in [0, 0.1) is 5.92 Å². The van der Waals surface area contributed by atoms with E-state index in [1.165, 1.54) is 4.90 Å². The normalized spacial score (nSPS) is 18.2. The molecule has 124 valence electrons. The van der Waals surface area contributed by atoms with Gasteiger partial charge in [-0.1, -0.05) is 19.9 Å². The molecule has 0 bridgehead atoms. The Morgan fingerprint density at radius 2 is 2.22 bits per heavy atom. The Morgan fingerprint density at radius 3 is 2.78 bits per heavy atom. The highest BCUT2D eigenvalue weighted by Gasteiger charge is 2.43. The lowest BCUT2D eigenvalue weighted by molar-refractivity contribution is -0.129. The standard InChI is InChI=1S/C17H22N2O4/c1-11(2)15(20)13-14(12-6-4-7-18-10-12)19(8-5-9-23-3)17(22)16(13)21/h4,6-7,10-11,14,21H,5,8-9H2,1-3H3. The predicted molar refractivity (Wildman–Crippen MR) is 84.7 cm³/mol. The number of ether oxygens (including phenoxy) is 1. The van der Waals surface area contributed by atoms with Crippen molar-refractivity contribution in [1.29, 1.82) is 0 Å². The van der Waals surface area contributed by atoms with E-state index in [4.69, 9.17) is 4.74 Å². The summed E-state index contributed by atoms with van der Waals surface area (Å²) in [6.07, 6.45) is 3.87. The molecule has 1 amide bonds. The number of aliphatic hydroxyl groups is 1. The molecule has 6 nitrogen and oxygen atoms in total. The zero-order valence-electron chi connectivity index (χ0n) is 13.7. The predicted octanol–water partition coefficient (Wildman–Crippen LogP) is 2.04. The molecule has 0 aromatic carbocycles. The minimum absolute atomic E-state index is 0.162. The number of rotatable bonds is 7. The van der Waals surface area contributed by atoms with Gasteiger partial charge < -0.3 is 14.7 Å². The summed E-state index contributed by atoms with van der Waals surface area (Å²) in [7, 11) is 1.59. The van der Waals surface area contributed by atoms with Gasteiger partial charge in [0.1, 0.15) is 0 Å². The maximum absolute atomic E-state index is 12.5. The zero-order valence-corrected chi connectivity index (χ0v) is 13.7. The fourth-order valence-electron chi connectivity index (χ4n) is 2.71. The van der Waals surface area contributed by atoms with Gasteiger partial charge in [0.2, 0.25) is 0 Å². The zero-order chi connectivity index (χ0) is 17.0. The molecule has 6 heteroatoms. The lowest BCUT2D eigenvalue weighted by atomic mass is 9.92. The lowest BCUT2D eigenvalue weighted by Crippen LogP contribution is -2.33. The molecule has 23 heavy (non-hydrogen) atoms. The van der Waals surface area contributed by atoms with Crippen LogP contribution < -0.4 is 0 Å². The molecule has 1 aromatic rings. The van der Waals surface area contributed by atoms with Gasteiger partial charge in [0.05, 0.1) is 11.6 Å². The van der Waals surface area contributed by atoms with Gasteiger partial charge in [-0.15, -0.1) is 0 Å². The van der Waals surface area contributed by atoms with Gasteiger partial charge in [0.15, 0.2) is 11.5 Å². The van der Waals surface area contributed by atoms with Crippen molar-refractivity contribution in [3.05, 3.63) is 41.4 Å². The second kappa shape index (κ2) is 7.37. The molecule has 0 fully saturated rings. The summed E-state index contributed by atoms with van der Waals surface area (Å²) in [6, 6.07) is 2.96. The smallest absolute Gasteiger partial charge is 0.290 e. The Balaban J connectivity index is 2.42. The van der Waals surface area contributed by atoms with Gasteiger partial charge in [-0.05, 0) is 18.1 Å². The van der Waals surface area contributed by atoms with Crippen LogP contribution in [0.1, 0.15) is 31.9 Å². The van der Waals surface area contributed by atoms with Crippen LogP contribution >= 0.6 is 0 Å². The lowest BCUT2D eigenvalue weighted by Gasteiger charge is -2.26. The molecule has 0 radical (unpaired) electrons. The third kappa shape index (κ3) is 3.42. The highest BCUT2D eigenvalue weighted by molar-refractivity contribution is 6.09. The summed E-state index contributed by atoms with van der Waals surface area (Å²) in [5.41, 5.74) is 0.877. The molecule has 0 spiro atoms. The Labute approximate surface area is 135 Å². The molecule has 1 atom stereocenters. The van der Waals surface area contributed by atoms with Crippen LogP contribution in [-0.2, 0) is 14.3 Å². The number of aliphatic hydroxyl groups excluding tert-OH is 1. The summed E-state index contributed by atoms with van der Waals surface area (Å²) in [5, 5.41) is 10.3. The second-order valence-corrected chi connectivity index (χ2v) is 5.82. The minimum atomic E-state index is -0.594. The molecule has 2 rings (SSSR count). The van der Waals surface area contributed by atoms with E-state index in [2.05, 4.69) is 4.98 Å². The van der Waals surface area contributed by atoms with Crippen LogP contribution in [0.4, 0.5) is 0 Å². The highest BCUT2D eigenvalue weighted by Crippen LogP contribution is 2.38. The van der Waals surface area contributed by atoms with Crippen molar-refractivity contribution >= 4 is 11.7 Å². The highest BCUT2D eigenvalue weighted by atomic mass is 16.5. The maximum atomic E-state index is 12.5. The van der Waals surface area contributed by atoms with Gasteiger partial charge in [-0.2, -0.15) is 0 Å². The number of pyridine rings is 1. The quantitative estimate of drug-likeness (QED) is 0.778. The minimum Gasteiger partial charge on any atom is -0.503 e. The Kier molecular flexibility index (Phi) is 5.50. The summed E-state index contributed by atoms with van der Waals surface area (Å²) >= 11 is 0. The molecule has 1 aliphatic rings. The van der Waals surface area contributed by atoms with E-state index in [0.717, 1.165) is 0 Å². The first-order valence-electron chi connectivity index (χ1n) is 7.66. The number of carbonyl (C=O) groups excluding carboxylic acids is 2. The first kappa shape index (κ1) is 17.1. The summed E-state index contributed by atoms with van der Waals surface area (Å²) in [5.74, 6) is -1.49. The van der Waals surface area contributed by atoms with Crippen molar-refractivity contribution in [2.75, 3.05) is 20.3 Å². The molecule has 0 saturated heterocycles. The first-order valence-corrected chi connectivity index (χ1v) is 7.66. The summed E-state index contributed by atoms with van der Waals surface area (Å²) < 4.78 is 5.02. The Morgan fingerprint density at radius 1 is 1.48 bits per heavy atom. The molecule has 1 N–H and O–H groups in total. The molecule has 0 saturated carbocycles. The van der Waals surface area contributed by atoms with Crippen LogP contribution in [0.5, 0.6) is 0 Å². The van der Waals surface area contributed by atoms with E-state index in [1.807, 2.05) is 0 Å². The third-order valence-electron chi connectivity index (χ3n) is 3.84. The Hall–Kier alpha value is -2.21. The van der Waals surface area contributed by atoms with Gasteiger partial charge >= 0.3 is 0 Å². The fourth-order valence-corrected chi connectivity index (χ4v) is 2.71. The van der Waals surface area contributed by atoms with E-state index >= 15 is 0 Å². The number of amides is 1. The SMILES string of the molecule is COCCCN1C(=O)C(O)=C(C(=O)C(C)C)C1c1cccnc1. The van der Waals surface area contributed by atoms with Crippen LogP contribution in [0.15, 0.2) is 35.9 Å². The van der Waals surface area contributed by atoms with Gasteiger partial charge in [0, 0.05) is 38.6 Å². The molecule has 1 unspecified atom stereocenters. The van der Waals surface area contributed by atoms with Crippen molar-refractivity contribution in [3.63, 3.8) is 0 Å². The Bertz CT molecular complexity index is 610. The fraction of sp³-hybridized carbons (Fsp3) is 0.471. The average molecular weight is 318 g/mol. The van der Waals surface area contributed by atoms with Gasteiger partial charge in [-0.25, -0.2) is 0 Å². The number of methoxy groups -OCH3 is 1. The van der Waals surface area contributed by atoms with Crippen molar-refractivity contribution < 1.29 is 19.4 Å². The molecule has 2 heterocycles. The van der Waals surface area contributed by atoms with Crippen molar-refractivity contribution in [2.45, 2.75) is 26.3 Å². The summed E-state index contributed by atoms with van der Waals surface area (Å²) in [6.45, 7) is 4.39. The van der Waals surface area contributed by atoms with Crippen LogP contribution in [0.3, 0.4) is 0 Å². The monoisotopic (exact) mass is 318 g/mol. The topological polar surface area (TPSA) is 79.7 Å².